The van der Waals surface area contributed by atoms with Crippen LogP contribution >= 0.6 is 0 Å². The molecule has 0 aliphatic rings. The fourth-order valence-electron chi connectivity index (χ4n) is 18.0. The van der Waals surface area contributed by atoms with Crippen molar-refractivity contribution in [3.63, 3.8) is 0 Å². The first kappa shape index (κ1) is 91.1. The van der Waals surface area contributed by atoms with Crippen molar-refractivity contribution in [3.05, 3.63) is 137 Å². The van der Waals surface area contributed by atoms with E-state index in [9.17, 15) is 0 Å². The van der Waals surface area contributed by atoms with Crippen LogP contribution < -0.4 is 103 Å². The number of nitrogens with zero attached hydrogens (tertiary/aromatic N) is 16. The Bertz CT molecular complexity index is 3960. The van der Waals surface area contributed by atoms with Crippen LogP contribution in [0.3, 0.4) is 0 Å². The third-order valence-corrected chi connectivity index (χ3v) is 23.5. The number of H-pyrrole nitrogens is 8. The molecule has 32 heteroatoms. The number of hydrogen-bond donors (Lipinski definition) is 8. The second-order valence-electron chi connectivity index (χ2n) is 30.3. The van der Waals surface area contributed by atoms with Crippen LogP contribution in [0.4, 0.5) is 0 Å². The molecule has 0 saturated heterocycles. The third-order valence-electron chi connectivity index (χ3n) is 23.5. The Morgan fingerprint density at radius 2 is 0.343 bits per heavy atom. The first-order valence-electron chi connectivity index (χ1n) is 38.5. The van der Waals surface area contributed by atoms with Crippen LogP contribution in [0, 0.1) is 166 Å². The number of hydrogen-bond acceptors (Lipinski definition) is 12. The van der Waals surface area contributed by atoms with Gasteiger partial charge in [0.2, 0.25) is 0 Å². The van der Waals surface area contributed by atoms with Gasteiger partial charge in [-0.05, 0) is 237 Å². The number of aromatic amines is 8. The van der Waals surface area contributed by atoms with E-state index in [2.05, 4.69) is 294 Å². The van der Waals surface area contributed by atoms with Gasteiger partial charge in [0.15, 0.2) is 0 Å². The zero-order chi connectivity index (χ0) is 76.0. The van der Waals surface area contributed by atoms with Gasteiger partial charge in [-0.2, -0.15) is 127 Å². The predicted octanol–water partition coefficient (Wildman–Crippen LogP) is -4.08. The zero-order valence-corrected chi connectivity index (χ0v) is 74.8. The molecular weight excluding hydrogens is 1490 g/mol. The van der Waals surface area contributed by atoms with E-state index in [0.717, 1.165) is 166 Å². The van der Waals surface area contributed by atoms with Gasteiger partial charge in [0.05, 0.1) is 26.9 Å². The first-order valence-corrected chi connectivity index (χ1v) is 38.5. The molecule has 12 rings (SSSR count). The molecule has 0 unspecified atom stereocenters. The standard InChI is InChI=1S/4C19H30BN6.3ClH.Zr/c4*1-8-9-10-26-16(7)19(15(6)25-26)20(17-11(2)21-22-12(17)3)18-13(4)23-24-14(18)5;;;;/h4*20H,8-10H2,1-7H3,(H,21,22)(H,23,24);3*1H;/q4*-1;;;;/p-3. The van der Waals surface area contributed by atoms with Gasteiger partial charge in [0.25, 0.3) is 0 Å². The molecule has 0 saturated carbocycles. The number of rotatable bonds is 24. The Morgan fingerprint density at radius 3 is 0.444 bits per heavy atom. The summed E-state index contributed by atoms with van der Waals surface area (Å²) in [5, 5.41) is 80.9. The maximum Gasteiger partial charge on any atom is 0.0801 e. The minimum atomic E-state index is -1.00. The summed E-state index contributed by atoms with van der Waals surface area (Å²) >= 11 is 0. The third kappa shape index (κ3) is 18.6. The van der Waals surface area contributed by atoms with Crippen LogP contribution in [0.5, 0.6) is 0 Å². The monoisotopic (exact) mass is 1610 g/mol. The van der Waals surface area contributed by atoms with Crippen molar-refractivity contribution < 1.29 is 63.4 Å². The molecule has 0 aliphatic carbocycles. The van der Waals surface area contributed by atoms with Crippen molar-refractivity contribution in [2.24, 2.45) is 0 Å². The van der Waals surface area contributed by atoms with Crippen LogP contribution in [-0.4, -0.2) is 148 Å². The largest absolute Gasteiger partial charge is 1.00 e. The smallest absolute Gasteiger partial charge is 0.0801 e. The van der Waals surface area contributed by atoms with Gasteiger partial charge in [-0.1, -0.05) is 53.4 Å². The quantitative estimate of drug-likeness (QED) is 0.0268. The van der Waals surface area contributed by atoms with Crippen molar-refractivity contribution >= 4 is 92.4 Å². The number of halogens is 3. The molecule has 0 aromatic carbocycles. The van der Waals surface area contributed by atoms with E-state index in [4.69, 9.17) is 20.4 Å². The van der Waals surface area contributed by atoms with E-state index in [-0.39, 0.29) is 63.4 Å². The normalized spacial score (nSPS) is 11.3. The molecule has 0 spiro atoms. The van der Waals surface area contributed by atoms with Crippen LogP contribution in [0.1, 0.15) is 216 Å². The summed E-state index contributed by atoms with van der Waals surface area (Å²) < 4.78 is 8.74. The van der Waals surface area contributed by atoms with Crippen molar-refractivity contribution in [2.45, 2.75) is 271 Å². The molecule has 8 N–H and O–H groups in total. The second kappa shape index (κ2) is 39.4. The topological polar surface area (TPSA) is 301 Å². The summed E-state index contributed by atoms with van der Waals surface area (Å²) in [6.45, 7) is 59.8. The Hall–Kier alpha value is -7.47. The Kier molecular flexibility index (Phi) is 33.3. The van der Waals surface area contributed by atoms with Crippen LogP contribution in [0.2, 0.25) is 0 Å². The second-order valence-corrected chi connectivity index (χ2v) is 30.3. The molecule has 12 aromatic heterocycles. The molecule has 24 nitrogen and oxygen atoms in total. The van der Waals surface area contributed by atoms with Gasteiger partial charge >= 0.3 is 0 Å². The number of nitrogens with one attached hydrogen (secondary N) is 8. The number of aryl methyl sites for hydroxylation is 24. The SMILES string of the molecule is CCCCn1nc(C)c([BH-](c2c(C)n[nH]c2C)c2c(C)n[nH]c2C)c1C.CCCCn1nc(C)c([BH-](c2c(C)n[nH]c2C)c2c(C)n[nH]c2C)c1C.CCCCn1nc(C)c([BH-](c2c(C)n[nH]c2C)c2c(C)n[nH]c2C)c1C.CCCCn1nc(C)c([BH-](c2c(C)n[nH]c2C)c2c(C)n[nH]c2C)c1C.[Cl-].[Cl-].[Cl-].[Zr]. The van der Waals surface area contributed by atoms with Gasteiger partial charge < -0.3 is 37.2 Å². The average Bonchev–Trinajstić information content (AvgIpc) is 1.62. The maximum atomic E-state index is 4.88. The van der Waals surface area contributed by atoms with Gasteiger partial charge in [0.1, 0.15) is 0 Å². The van der Waals surface area contributed by atoms with E-state index >= 15 is 0 Å². The summed E-state index contributed by atoms with van der Waals surface area (Å²) in [5.74, 6) is 0. The van der Waals surface area contributed by atoms with Gasteiger partial charge in [-0.15, -0.1) is 0 Å². The van der Waals surface area contributed by atoms with Gasteiger partial charge in [-0.3, -0.25) is 59.5 Å². The van der Waals surface area contributed by atoms with Gasteiger partial charge in [-0.25, -0.2) is 0 Å². The first-order chi connectivity index (χ1) is 49.4. The Labute approximate surface area is 679 Å². The molecule has 0 atom stereocenters. The molecule has 0 fully saturated rings. The molecular formula is C76H120B4Cl3N24Zr-7. The molecule has 0 aliphatic heterocycles. The van der Waals surface area contributed by atoms with Crippen LogP contribution in [0.25, 0.3) is 0 Å². The van der Waals surface area contributed by atoms with E-state index in [1.54, 1.807) is 0 Å². The van der Waals surface area contributed by atoms with E-state index in [1.165, 1.54) is 114 Å². The summed E-state index contributed by atoms with van der Waals surface area (Å²) in [6.07, 6.45) is 9.27. The van der Waals surface area contributed by atoms with Gasteiger partial charge in [0, 0.05) is 143 Å². The van der Waals surface area contributed by atoms with Crippen molar-refractivity contribution in [2.75, 3.05) is 0 Å². The summed E-state index contributed by atoms with van der Waals surface area (Å²) in [6, 6.07) is 0. The molecule has 108 heavy (non-hydrogen) atoms. The molecule has 0 bridgehead atoms. The van der Waals surface area contributed by atoms with Crippen molar-refractivity contribution in [3.8, 4) is 0 Å². The van der Waals surface area contributed by atoms with Crippen LogP contribution in [-0.2, 0) is 52.4 Å². The molecule has 588 valence electrons. The van der Waals surface area contributed by atoms with Crippen LogP contribution in [0.15, 0.2) is 0 Å². The van der Waals surface area contributed by atoms with Crippen molar-refractivity contribution in [1.82, 2.24) is 121 Å². The Morgan fingerprint density at radius 1 is 0.213 bits per heavy atom. The Balaban J connectivity index is 0.000000255. The van der Waals surface area contributed by atoms with E-state index < -0.39 is 26.9 Å². The summed E-state index contributed by atoms with van der Waals surface area (Å²) in [7, 11) is 0. The minimum Gasteiger partial charge on any atom is -1.00 e. The zero-order valence-electron chi connectivity index (χ0n) is 70.1. The average molecular weight is 1610 g/mol. The number of unbranched alkanes of at least 4 members (excludes halogenated alkanes) is 4. The predicted molar refractivity (Wildman–Crippen MR) is 435 cm³/mol. The maximum absolute atomic E-state index is 4.88. The molecule has 12 aromatic rings. The van der Waals surface area contributed by atoms with Crippen molar-refractivity contribution in [1.29, 1.82) is 0 Å². The number of aromatic nitrogens is 24. The van der Waals surface area contributed by atoms with E-state index in [0.29, 0.717) is 0 Å². The molecule has 12 heterocycles. The summed E-state index contributed by atoms with van der Waals surface area (Å²) in [4.78, 5) is 0. The molecule has 0 radical (unpaired) electrons. The minimum absolute atomic E-state index is 0. The fraction of sp³-hybridized carbons (Fsp3) is 0.526. The molecule has 0 amide bonds. The fourth-order valence-corrected chi connectivity index (χ4v) is 18.0. The summed E-state index contributed by atoms with van der Waals surface area (Å²) in [5.41, 5.74) is 43.3. The van der Waals surface area contributed by atoms with E-state index in [1.807, 2.05) is 0 Å².